The van der Waals surface area contributed by atoms with E-state index in [4.69, 9.17) is 32.2 Å². The van der Waals surface area contributed by atoms with Gasteiger partial charge in [-0.3, -0.25) is 0 Å². The Morgan fingerprint density at radius 2 is 1.67 bits per heavy atom. The molecular weight excluding hydrogens is 290 g/mol. The monoisotopic (exact) mass is 307 g/mol. The average molecular weight is 307 g/mol. The smallest absolute Gasteiger partial charge is 0.228 e. The molecule has 1 aromatic carbocycles. The van der Waals surface area contributed by atoms with Crippen molar-refractivity contribution in [3.8, 4) is 23.1 Å². The maximum atomic E-state index is 5.88. The fourth-order valence-corrected chi connectivity index (χ4v) is 2.22. The number of hydrogen-bond donors (Lipinski definition) is 1. The summed E-state index contributed by atoms with van der Waals surface area (Å²) in [6.45, 7) is 1.83. The molecular formula is C14H17N3O3S. The van der Waals surface area contributed by atoms with Crippen molar-refractivity contribution in [3.63, 3.8) is 0 Å². The van der Waals surface area contributed by atoms with E-state index in [9.17, 15) is 0 Å². The van der Waals surface area contributed by atoms with Crippen LogP contribution in [0.5, 0.6) is 23.1 Å². The molecule has 2 aromatic rings. The summed E-state index contributed by atoms with van der Waals surface area (Å²) in [7, 11) is 4.92. The summed E-state index contributed by atoms with van der Waals surface area (Å²) >= 11 is 5.06. The minimum absolute atomic E-state index is 0.241. The van der Waals surface area contributed by atoms with E-state index < -0.39 is 0 Å². The summed E-state index contributed by atoms with van der Waals surface area (Å²) < 4.78 is 17.9. The lowest BCUT2D eigenvalue weighted by Gasteiger charge is -2.11. The van der Waals surface area contributed by atoms with Crippen LogP contribution in [0.4, 0.5) is 0 Å². The highest BCUT2D eigenvalue weighted by molar-refractivity contribution is 7.80. The summed E-state index contributed by atoms with van der Waals surface area (Å²) in [6.07, 6.45) is 0. The molecule has 1 aromatic heterocycles. The van der Waals surface area contributed by atoms with Gasteiger partial charge in [-0.25, -0.2) is 4.68 Å². The lowest BCUT2D eigenvalue weighted by Crippen LogP contribution is -2.11. The largest absolute Gasteiger partial charge is 0.496 e. The van der Waals surface area contributed by atoms with Gasteiger partial charge in [0, 0.05) is 25.2 Å². The fourth-order valence-electron chi connectivity index (χ4n) is 1.99. The second kappa shape index (κ2) is 6.01. The number of methoxy groups -OCH3 is 2. The Morgan fingerprint density at radius 3 is 2.14 bits per heavy atom. The van der Waals surface area contributed by atoms with Gasteiger partial charge in [0.15, 0.2) is 0 Å². The number of hydrogen-bond acceptors (Lipinski definition) is 5. The van der Waals surface area contributed by atoms with Crippen molar-refractivity contribution < 1.29 is 14.2 Å². The Labute approximate surface area is 128 Å². The molecule has 0 aliphatic carbocycles. The summed E-state index contributed by atoms with van der Waals surface area (Å²) in [5, 5.41) is 4.28. The van der Waals surface area contributed by atoms with Crippen LogP contribution in [0.1, 0.15) is 11.3 Å². The Kier molecular flexibility index (Phi) is 4.32. The maximum absolute atomic E-state index is 5.88. The molecule has 0 saturated heterocycles. The summed E-state index contributed by atoms with van der Waals surface area (Å²) in [5.74, 6) is 2.28. The van der Waals surface area contributed by atoms with Gasteiger partial charge in [0.25, 0.3) is 0 Å². The Bertz CT molecular complexity index is 660. The van der Waals surface area contributed by atoms with Crippen LogP contribution in [-0.2, 0) is 7.05 Å². The third kappa shape index (κ3) is 3.08. The fraction of sp³-hybridized carbons (Fsp3) is 0.286. The summed E-state index contributed by atoms with van der Waals surface area (Å²) in [6, 6.07) is 5.25. The zero-order valence-electron chi connectivity index (χ0n) is 12.3. The normalized spacial score (nSPS) is 10.3. The van der Waals surface area contributed by atoms with Crippen molar-refractivity contribution in [1.29, 1.82) is 0 Å². The predicted molar refractivity (Wildman–Crippen MR) is 83.5 cm³/mol. The number of thiocarbonyl (C=S) groups is 1. The lowest BCUT2D eigenvalue weighted by atomic mass is 10.2. The van der Waals surface area contributed by atoms with E-state index in [1.165, 1.54) is 0 Å². The summed E-state index contributed by atoms with van der Waals surface area (Å²) in [5.41, 5.74) is 7.08. The third-order valence-electron chi connectivity index (χ3n) is 2.96. The number of nitrogens with two attached hydrogens (primary N) is 1. The van der Waals surface area contributed by atoms with E-state index >= 15 is 0 Å². The first kappa shape index (κ1) is 15.1. The van der Waals surface area contributed by atoms with Gasteiger partial charge in [-0.05, 0) is 6.92 Å². The minimum atomic E-state index is 0.241. The minimum Gasteiger partial charge on any atom is -0.496 e. The zero-order chi connectivity index (χ0) is 15.6. The first-order valence-corrected chi connectivity index (χ1v) is 6.61. The molecule has 2 rings (SSSR count). The molecule has 0 aliphatic heterocycles. The quantitative estimate of drug-likeness (QED) is 0.854. The van der Waals surface area contributed by atoms with Crippen LogP contribution in [0.3, 0.4) is 0 Å². The van der Waals surface area contributed by atoms with Crippen molar-refractivity contribution in [2.24, 2.45) is 12.8 Å². The maximum Gasteiger partial charge on any atom is 0.228 e. The lowest BCUT2D eigenvalue weighted by molar-refractivity contribution is 0.381. The van der Waals surface area contributed by atoms with Crippen LogP contribution in [0, 0.1) is 6.92 Å². The molecule has 0 amide bonds. The van der Waals surface area contributed by atoms with Crippen LogP contribution in [-0.4, -0.2) is 29.0 Å². The number of aryl methyl sites for hydroxylation is 2. The SMILES string of the molecule is COc1cc(OC)cc(Oc2c(C(N)=S)c(C)nn2C)c1. The molecule has 7 heteroatoms. The van der Waals surface area contributed by atoms with Gasteiger partial charge >= 0.3 is 0 Å². The first-order valence-electron chi connectivity index (χ1n) is 6.20. The van der Waals surface area contributed by atoms with E-state index in [0.29, 0.717) is 28.7 Å². The van der Waals surface area contributed by atoms with Gasteiger partial charge in [-0.2, -0.15) is 5.10 Å². The summed E-state index contributed by atoms with van der Waals surface area (Å²) in [4.78, 5) is 0.241. The molecule has 0 fully saturated rings. The number of ether oxygens (including phenoxy) is 3. The zero-order valence-corrected chi connectivity index (χ0v) is 13.2. The van der Waals surface area contributed by atoms with E-state index in [-0.39, 0.29) is 4.99 Å². The van der Waals surface area contributed by atoms with Crippen molar-refractivity contribution >= 4 is 17.2 Å². The van der Waals surface area contributed by atoms with Gasteiger partial charge in [-0.15, -0.1) is 0 Å². The molecule has 0 aliphatic rings. The highest BCUT2D eigenvalue weighted by Gasteiger charge is 2.18. The molecule has 0 atom stereocenters. The van der Waals surface area contributed by atoms with Crippen LogP contribution in [0.25, 0.3) is 0 Å². The number of benzene rings is 1. The van der Waals surface area contributed by atoms with E-state index in [0.717, 1.165) is 5.69 Å². The first-order chi connectivity index (χ1) is 9.96. The van der Waals surface area contributed by atoms with Gasteiger partial charge in [0.05, 0.1) is 25.5 Å². The van der Waals surface area contributed by atoms with Crippen molar-refractivity contribution in [2.45, 2.75) is 6.92 Å². The average Bonchev–Trinajstić information content (AvgIpc) is 2.72. The van der Waals surface area contributed by atoms with Crippen molar-refractivity contribution in [3.05, 3.63) is 29.5 Å². The molecule has 6 nitrogen and oxygen atoms in total. The highest BCUT2D eigenvalue weighted by atomic mass is 32.1. The Hall–Kier alpha value is -2.28. The Morgan fingerprint density at radius 1 is 1.14 bits per heavy atom. The van der Waals surface area contributed by atoms with E-state index in [1.54, 1.807) is 44.1 Å². The van der Waals surface area contributed by atoms with Crippen molar-refractivity contribution in [1.82, 2.24) is 9.78 Å². The van der Waals surface area contributed by atoms with Crippen LogP contribution in [0.15, 0.2) is 18.2 Å². The second-order valence-corrected chi connectivity index (χ2v) is 4.84. The molecule has 112 valence electrons. The number of nitrogens with zero attached hydrogens (tertiary/aromatic N) is 2. The molecule has 0 saturated carbocycles. The van der Waals surface area contributed by atoms with Gasteiger partial charge in [0.2, 0.25) is 5.88 Å². The number of aromatic nitrogens is 2. The molecule has 0 spiro atoms. The van der Waals surface area contributed by atoms with Gasteiger partial charge in [0.1, 0.15) is 22.2 Å². The second-order valence-electron chi connectivity index (χ2n) is 4.40. The van der Waals surface area contributed by atoms with Crippen LogP contribution < -0.4 is 19.9 Å². The molecule has 0 radical (unpaired) electrons. The molecule has 21 heavy (non-hydrogen) atoms. The predicted octanol–water partition coefficient (Wildman–Crippen LogP) is 2.17. The molecule has 2 N–H and O–H groups in total. The van der Waals surface area contributed by atoms with E-state index in [2.05, 4.69) is 5.10 Å². The standard InChI is InChI=1S/C14H17N3O3S/c1-8-12(13(15)21)14(17(2)16-8)20-11-6-9(18-3)5-10(7-11)19-4/h5-7H,1-4H3,(H2,15,21). The highest BCUT2D eigenvalue weighted by Crippen LogP contribution is 2.32. The molecule has 0 unspecified atom stereocenters. The molecule has 0 bridgehead atoms. The topological polar surface area (TPSA) is 71.5 Å². The van der Waals surface area contributed by atoms with Crippen molar-refractivity contribution in [2.75, 3.05) is 14.2 Å². The third-order valence-corrected chi connectivity index (χ3v) is 3.16. The number of rotatable bonds is 5. The van der Waals surface area contributed by atoms with Crippen LogP contribution in [0.2, 0.25) is 0 Å². The Balaban J connectivity index is 2.45. The van der Waals surface area contributed by atoms with Gasteiger partial charge in [-0.1, -0.05) is 12.2 Å². The molecule has 1 heterocycles. The van der Waals surface area contributed by atoms with Gasteiger partial charge < -0.3 is 19.9 Å². The van der Waals surface area contributed by atoms with E-state index in [1.807, 2.05) is 6.92 Å². The van der Waals surface area contributed by atoms with Crippen LogP contribution >= 0.6 is 12.2 Å².